The molecule has 0 radical (unpaired) electrons. The van der Waals surface area contributed by atoms with Gasteiger partial charge >= 0.3 is 0 Å². The van der Waals surface area contributed by atoms with Gasteiger partial charge in [0.1, 0.15) is 10.7 Å². The molecular weight excluding hydrogens is 509 g/mol. The van der Waals surface area contributed by atoms with Crippen LogP contribution in [-0.4, -0.2) is 29.2 Å². The van der Waals surface area contributed by atoms with Gasteiger partial charge in [-0.15, -0.1) is 0 Å². The van der Waals surface area contributed by atoms with Gasteiger partial charge in [-0.2, -0.15) is 0 Å². The molecule has 0 saturated heterocycles. The van der Waals surface area contributed by atoms with Gasteiger partial charge in [0.05, 0.1) is 15.7 Å². The van der Waals surface area contributed by atoms with E-state index in [1.807, 2.05) is 23.1 Å². The number of hydrogen-bond acceptors (Lipinski definition) is 4. The zero-order valence-electron chi connectivity index (χ0n) is 18.2. The molecule has 2 heterocycles. The Morgan fingerprint density at radius 3 is 2.26 bits per heavy atom. The van der Waals surface area contributed by atoms with Crippen LogP contribution >= 0.6 is 34.8 Å². The topological polar surface area (TPSA) is 69.7 Å². The fourth-order valence-corrected chi connectivity index (χ4v) is 4.67. The molecule has 2 aliphatic heterocycles. The number of nitrogens with one attached hydrogen (secondary N) is 1. The molecule has 9 heteroatoms. The van der Waals surface area contributed by atoms with Crippen molar-refractivity contribution in [3.05, 3.63) is 104 Å². The second kappa shape index (κ2) is 9.38. The molecule has 6 nitrogen and oxygen atoms in total. The van der Waals surface area contributed by atoms with E-state index in [9.17, 15) is 14.4 Å². The van der Waals surface area contributed by atoms with Gasteiger partial charge in [-0.05, 0) is 60.0 Å². The predicted molar refractivity (Wildman–Crippen MR) is 137 cm³/mol. The average Bonchev–Trinajstić information content (AvgIpc) is 3.08. The standard InChI is InChI=1S/C26H18Cl3N3O3/c27-20-10-9-19(13-21(20)28)32-25(34)22(29)23(26(32)35)30-18-7-5-16(6-8-18)24(33)31-12-11-15-3-1-2-4-17(15)14-31/h1-10,13,30H,11-12,14H2. The van der Waals surface area contributed by atoms with Crippen LogP contribution in [0.2, 0.25) is 10.0 Å². The molecule has 3 aromatic rings. The Balaban J connectivity index is 1.30. The van der Waals surface area contributed by atoms with Gasteiger partial charge < -0.3 is 10.2 Å². The number of hydrogen-bond donors (Lipinski definition) is 1. The largest absolute Gasteiger partial charge is 0.350 e. The minimum atomic E-state index is -0.672. The maximum Gasteiger partial charge on any atom is 0.283 e. The molecule has 0 fully saturated rings. The highest BCUT2D eigenvalue weighted by Gasteiger charge is 2.39. The van der Waals surface area contributed by atoms with Crippen LogP contribution in [0.15, 0.2) is 77.5 Å². The van der Waals surface area contributed by atoms with E-state index in [0.717, 1.165) is 16.9 Å². The van der Waals surface area contributed by atoms with Crippen molar-refractivity contribution in [2.75, 3.05) is 16.8 Å². The van der Waals surface area contributed by atoms with Crippen molar-refractivity contribution >= 4 is 63.9 Å². The molecule has 5 rings (SSSR count). The summed E-state index contributed by atoms with van der Waals surface area (Å²) >= 11 is 18.2. The lowest BCUT2D eigenvalue weighted by molar-refractivity contribution is -0.120. The number of carbonyl (C=O) groups excluding carboxylic acids is 3. The van der Waals surface area contributed by atoms with E-state index in [1.54, 1.807) is 24.3 Å². The van der Waals surface area contributed by atoms with Crippen LogP contribution in [0.25, 0.3) is 0 Å². The molecule has 35 heavy (non-hydrogen) atoms. The van der Waals surface area contributed by atoms with E-state index in [-0.39, 0.29) is 27.3 Å². The molecular formula is C26H18Cl3N3O3. The minimum Gasteiger partial charge on any atom is -0.350 e. The first kappa shape index (κ1) is 23.4. The number of carbonyl (C=O) groups is 3. The molecule has 3 aromatic carbocycles. The van der Waals surface area contributed by atoms with Crippen LogP contribution in [0.5, 0.6) is 0 Å². The van der Waals surface area contributed by atoms with Gasteiger partial charge in [-0.3, -0.25) is 14.4 Å². The maximum atomic E-state index is 13.0. The smallest absolute Gasteiger partial charge is 0.283 e. The van der Waals surface area contributed by atoms with E-state index >= 15 is 0 Å². The molecule has 0 bridgehead atoms. The van der Waals surface area contributed by atoms with Crippen molar-refractivity contribution in [3.63, 3.8) is 0 Å². The molecule has 0 unspecified atom stereocenters. The number of fused-ring (bicyclic) bond motifs is 1. The molecule has 0 aliphatic carbocycles. The molecule has 176 valence electrons. The average molecular weight is 527 g/mol. The zero-order chi connectivity index (χ0) is 24.7. The van der Waals surface area contributed by atoms with Crippen molar-refractivity contribution in [2.45, 2.75) is 13.0 Å². The maximum absolute atomic E-state index is 13.0. The minimum absolute atomic E-state index is 0.0607. The molecule has 1 N–H and O–H groups in total. The first-order valence-corrected chi connectivity index (χ1v) is 11.9. The van der Waals surface area contributed by atoms with Crippen LogP contribution in [0.3, 0.4) is 0 Å². The summed E-state index contributed by atoms with van der Waals surface area (Å²) in [4.78, 5) is 41.4. The van der Waals surface area contributed by atoms with Crippen LogP contribution in [0.1, 0.15) is 21.5 Å². The Bertz CT molecular complexity index is 1400. The molecule has 0 aromatic heterocycles. The van der Waals surface area contributed by atoms with Gasteiger partial charge in [0.15, 0.2) is 0 Å². The third-order valence-corrected chi connectivity index (χ3v) is 7.10. The highest BCUT2D eigenvalue weighted by molar-refractivity contribution is 6.53. The molecule has 0 atom stereocenters. The monoisotopic (exact) mass is 525 g/mol. The van der Waals surface area contributed by atoms with Gasteiger partial charge in [0.25, 0.3) is 17.7 Å². The third-order valence-electron chi connectivity index (χ3n) is 6.01. The molecule has 0 spiro atoms. The third kappa shape index (κ3) is 4.41. The summed E-state index contributed by atoms with van der Waals surface area (Å²) in [7, 11) is 0. The van der Waals surface area contributed by atoms with Gasteiger partial charge in [0.2, 0.25) is 0 Å². The van der Waals surface area contributed by atoms with Gasteiger partial charge in [-0.1, -0.05) is 59.1 Å². The van der Waals surface area contributed by atoms with E-state index in [0.29, 0.717) is 29.4 Å². The summed E-state index contributed by atoms with van der Waals surface area (Å²) in [6.45, 7) is 1.22. The quantitative estimate of drug-likeness (QED) is 0.448. The summed E-state index contributed by atoms with van der Waals surface area (Å²) in [5.41, 5.74) is 3.66. The van der Waals surface area contributed by atoms with Crippen LogP contribution in [-0.2, 0) is 22.6 Å². The SMILES string of the molecule is O=C(c1ccc(NC2=C(Cl)C(=O)N(c3ccc(Cl)c(Cl)c3)C2=O)cc1)N1CCc2ccccc2C1. The zero-order valence-corrected chi connectivity index (χ0v) is 20.5. The summed E-state index contributed by atoms with van der Waals surface area (Å²) < 4.78 is 0. The highest BCUT2D eigenvalue weighted by atomic mass is 35.5. The van der Waals surface area contributed by atoms with Crippen molar-refractivity contribution in [2.24, 2.45) is 0 Å². The summed E-state index contributed by atoms with van der Waals surface area (Å²) in [5.74, 6) is -1.36. The fourth-order valence-electron chi connectivity index (χ4n) is 4.16. The fraction of sp³-hybridized carbons (Fsp3) is 0.115. The Morgan fingerprint density at radius 2 is 1.54 bits per heavy atom. The van der Waals surface area contributed by atoms with E-state index < -0.39 is 11.8 Å². The highest BCUT2D eigenvalue weighted by Crippen LogP contribution is 2.33. The lowest BCUT2D eigenvalue weighted by atomic mass is 9.99. The van der Waals surface area contributed by atoms with Crippen LogP contribution in [0.4, 0.5) is 11.4 Å². The normalized spacial score (nSPS) is 15.5. The molecule has 3 amide bonds. The number of rotatable bonds is 4. The number of amides is 3. The van der Waals surface area contributed by atoms with E-state index in [1.165, 1.54) is 23.8 Å². The number of halogens is 3. The van der Waals surface area contributed by atoms with E-state index in [4.69, 9.17) is 34.8 Å². The lowest BCUT2D eigenvalue weighted by Crippen LogP contribution is -2.35. The number of nitrogens with zero attached hydrogens (tertiary/aromatic N) is 2. The summed E-state index contributed by atoms with van der Waals surface area (Å²) in [6, 6.07) is 19.2. The number of anilines is 2. The van der Waals surface area contributed by atoms with Crippen molar-refractivity contribution in [1.29, 1.82) is 0 Å². The summed E-state index contributed by atoms with van der Waals surface area (Å²) in [6.07, 6.45) is 0.819. The molecule has 0 saturated carbocycles. The second-order valence-electron chi connectivity index (χ2n) is 8.18. The number of benzene rings is 3. The van der Waals surface area contributed by atoms with Crippen molar-refractivity contribution < 1.29 is 14.4 Å². The Kier molecular flexibility index (Phi) is 6.28. The number of imide groups is 1. The van der Waals surface area contributed by atoms with Crippen LogP contribution < -0.4 is 10.2 Å². The predicted octanol–water partition coefficient (Wildman–Crippen LogP) is 5.63. The van der Waals surface area contributed by atoms with Gasteiger partial charge in [0, 0.05) is 24.3 Å². The Labute approximate surface area is 216 Å². The Hall–Kier alpha value is -3.32. The second-order valence-corrected chi connectivity index (χ2v) is 9.37. The first-order valence-electron chi connectivity index (χ1n) is 10.8. The lowest BCUT2D eigenvalue weighted by Gasteiger charge is -2.29. The van der Waals surface area contributed by atoms with E-state index in [2.05, 4.69) is 11.4 Å². The first-order chi connectivity index (χ1) is 16.8. The van der Waals surface area contributed by atoms with Crippen molar-refractivity contribution in [3.8, 4) is 0 Å². The molecule has 2 aliphatic rings. The van der Waals surface area contributed by atoms with Gasteiger partial charge in [-0.25, -0.2) is 4.90 Å². The summed E-state index contributed by atoms with van der Waals surface area (Å²) in [5, 5.41) is 3.17. The van der Waals surface area contributed by atoms with Crippen molar-refractivity contribution in [1.82, 2.24) is 4.90 Å². The van der Waals surface area contributed by atoms with Crippen LogP contribution in [0, 0.1) is 0 Å². The Morgan fingerprint density at radius 1 is 0.829 bits per heavy atom.